The molecule has 0 aliphatic rings. The molecule has 0 fully saturated rings. The van der Waals surface area contributed by atoms with Crippen molar-refractivity contribution in [2.24, 2.45) is 5.73 Å². The monoisotopic (exact) mass is 206 g/mol. The quantitative estimate of drug-likeness (QED) is 0.757. The van der Waals surface area contributed by atoms with Crippen LogP contribution in [-0.2, 0) is 4.79 Å². The van der Waals surface area contributed by atoms with Crippen molar-refractivity contribution in [3.05, 3.63) is 35.4 Å². The van der Waals surface area contributed by atoms with Gasteiger partial charge in [-0.3, -0.25) is 9.59 Å². The fourth-order valence-corrected chi connectivity index (χ4v) is 1.19. The molecule has 80 valence electrons. The Kier molecular flexibility index (Phi) is 3.85. The van der Waals surface area contributed by atoms with Crippen LogP contribution in [0.2, 0.25) is 0 Å². The summed E-state index contributed by atoms with van der Waals surface area (Å²) in [6.45, 7) is 2.20. The zero-order valence-electron chi connectivity index (χ0n) is 8.62. The van der Waals surface area contributed by atoms with Crippen molar-refractivity contribution in [2.75, 3.05) is 6.54 Å². The van der Waals surface area contributed by atoms with Crippen molar-refractivity contribution in [2.45, 2.75) is 13.3 Å². The van der Waals surface area contributed by atoms with E-state index in [0.29, 0.717) is 5.56 Å². The minimum absolute atomic E-state index is 0.164. The van der Waals surface area contributed by atoms with E-state index in [2.05, 4.69) is 5.32 Å². The number of nitrogens with two attached hydrogens (primary N) is 1. The average Bonchev–Trinajstić information content (AvgIpc) is 2.17. The van der Waals surface area contributed by atoms with Crippen molar-refractivity contribution in [3.8, 4) is 0 Å². The van der Waals surface area contributed by atoms with E-state index in [1.807, 2.05) is 19.1 Å². The Balaban J connectivity index is 2.50. The highest BCUT2D eigenvalue weighted by atomic mass is 16.2. The van der Waals surface area contributed by atoms with Crippen LogP contribution in [0.15, 0.2) is 24.3 Å². The molecule has 1 aromatic carbocycles. The Labute approximate surface area is 88.5 Å². The van der Waals surface area contributed by atoms with Gasteiger partial charge in [0.1, 0.15) is 0 Å². The van der Waals surface area contributed by atoms with Crippen molar-refractivity contribution >= 4 is 11.8 Å². The fourth-order valence-electron chi connectivity index (χ4n) is 1.19. The van der Waals surface area contributed by atoms with E-state index in [1.54, 1.807) is 12.1 Å². The molecule has 0 bridgehead atoms. The van der Waals surface area contributed by atoms with E-state index in [4.69, 9.17) is 5.73 Å². The van der Waals surface area contributed by atoms with Crippen LogP contribution in [0.25, 0.3) is 0 Å². The molecule has 15 heavy (non-hydrogen) atoms. The lowest BCUT2D eigenvalue weighted by Gasteiger charge is -2.04. The first-order chi connectivity index (χ1) is 7.09. The second kappa shape index (κ2) is 5.14. The van der Waals surface area contributed by atoms with Gasteiger partial charge >= 0.3 is 0 Å². The third kappa shape index (κ3) is 3.81. The summed E-state index contributed by atoms with van der Waals surface area (Å²) in [6.07, 6.45) is 0.164. The second-order valence-corrected chi connectivity index (χ2v) is 3.34. The molecule has 0 aromatic heterocycles. The Morgan fingerprint density at radius 2 is 2.13 bits per heavy atom. The van der Waals surface area contributed by atoms with Crippen LogP contribution in [0.3, 0.4) is 0 Å². The number of hydrogen-bond acceptors (Lipinski definition) is 2. The van der Waals surface area contributed by atoms with Gasteiger partial charge in [0.15, 0.2) is 0 Å². The summed E-state index contributed by atoms with van der Waals surface area (Å²) in [4.78, 5) is 22.0. The molecule has 0 spiro atoms. The molecule has 0 atom stereocenters. The van der Waals surface area contributed by atoms with Gasteiger partial charge in [-0.05, 0) is 19.1 Å². The second-order valence-electron chi connectivity index (χ2n) is 3.34. The molecule has 0 aliphatic carbocycles. The highest BCUT2D eigenvalue weighted by molar-refractivity contribution is 5.94. The van der Waals surface area contributed by atoms with E-state index in [-0.39, 0.29) is 18.9 Å². The number of hydrogen-bond donors (Lipinski definition) is 2. The van der Waals surface area contributed by atoms with Crippen LogP contribution >= 0.6 is 0 Å². The zero-order valence-corrected chi connectivity index (χ0v) is 8.62. The minimum Gasteiger partial charge on any atom is -0.370 e. The summed E-state index contributed by atoms with van der Waals surface area (Å²) in [5.41, 5.74) is 6.57. The maximum atomic E-state index is 11.5. The van der Waals surface area contributed by atoms with Gasteiger partial charge in [0, 0.05) is 18.5 Å². The van der Waals surface area contributed by atoms with Crippen molar-refractivity contribution in [1.82, 2.24) is 5.32 Å². The lowest BCUT2D eigenvalue weighted by Crippen LogP contribution is -2.27. The first kappa shape index (κ1) is 11.2. The molecule has 4 nitrogen and oxygen atoms in total. The number of carbonyl (C=O) groups excluding carboxylic acids is 2. The summed E-state index contributed by atoms with van der Waals surface area (Å²) in [6, 6.07) is 7.25. The minimum atomic E-state index is -0.417. The van der Waals surface area contributed by atoms with Crippen molar-refractivity contribution in [1.29, 1.82) is 0 Å². The van der Waals surface area contributed by atoms with Crippen LogP contribution in [0, 0.1) is 6.92 Å². The van der Waals surface area contributed by atoms with Gasteiger partial charge in [0.25, 0.3) is 5.91 Å². The summed E-state index contributed by atoms with van der Waals surface area (Å²) in [5.74, 6) is -0.598. The Morgan fingerprint density at radius 3 is 2.73 bits per heavy atom. The lowest BCUT2D eigenvalue weighted by atomic mass is 10.1. The van der Waals surface area contributed by atoms with Crippen LogP contribution in [0.1, 0.15) is 22.3 Å². The van der Waals surface area contributed by atoms with Gasteiger partial charge in [-0.2, -0.15) is 0 Å². The van der Waals surface area contributed by atoms with Gasteiger partial charge < -0.3 is 11.1 Å². The third-order valence-electron chi connectivity index (χ3n) is 1.94. The van der Waals surface area contributed by atoms with Gasteiger partial charge in [-0.25, -0.2) is 0 Å². The van der Waals surface area contributed by atoms with Gasteiger partial charge in [-0.15, -0.1) is 0 Å². The van der Waals surface area contributed by atoms with E-state index >= 15 is 0 Å². The number of nitrogens with one attached hydrogen (secondary N) is 1. The van der Waals surface area contributed by atoms with E-state index in [1.165, 1.54) is 0 Å². The molecule has 3 N–H and O–H groups in total. The molecule has 0 radical (unpaired) electrons. The summed E-state index contributed by atoms with van der Waals surface area (Å²) in [5, 5.41) is 2.62. The van der Waals surface area contributed by atoms with Crippen molar-refractivity contribution < 1.29 is 9.59 Å². The Hall–Kier alpha value is -1.84. The largest absolute Gasteiger partial charge is 0.370 e. The SMILES string of the molecule is Cc1cccc(C(=O)NCCC(N)=O)c1. The van der Waals surface area contributed by atoms with Crippen LogP contribution in [-0.4, -0.2) is 18.4 Å². The number of benzene rings is 1. The predicted molar refractivity (Wildman–Crippen MR) is 57.3 cm³/mol. The average molecular weight is 206 g/mol. The Bertz CT molecular complexity index is 375. The van der Waals surface area contributed by atoms with E-state index in [0.717, 1.165) is 5.56 Å². The van der Waals surface area contributed by atoms with Crippen LogP contribution in [0.5, 0.6) is 0 Å². The van der Waals surface area contributed by atoms with Gasteiger partial charge in [-0.1, -0.05) is 17.7 Å². The topological polar surface area (TPSA) is 72.2 Å². The number of aryl methyl sites for hydroxylation is 1. The zero-order chi connectivity index (χ0) is 11.3. The lowest BCUT2D eigenvalue weighted by molar-refractivity contribution is -0.117. The molecule has 4 heteroatoms. The summed E-state index contributed by atoms with van der Waals surface area (Å²) in [7, 11) is 0. The number of carbonyl (C=O) groups is 2. The first-order valence-corrected chi connectivity index (χ1v) is 4.73. The molecule has 0 saturated heterocycles. The standard InChI is InChI=1S/C11H14N2O2/c1-8-3-2-4-9(7-8)11(15)13-6-5-10(12)14/h2-4,7H,5-6H2,1H3,(H2,12,14)(H,13,15). The summed E-state index contributed by atoms with van der Waals surface area (Å²) >= 11 is 0. The molecule has 0 unspecified atom stereocenters. The molecule has 1 rings (SSSR count). The summed E-state index contributed by atoms with van der Waals surface area (Å²) < 4.78 is 0. The molecule has 0 aliphatic heterocycles. The molecule has 1 aromatic rings. The first-order valence-electron chi connectivity index (χ1n) is 4.73. The van der Waals surface area contributed by atoms with Crippen LogP contribution < -0.4 is 11.1 Å². The molecule has 2 amide bonds. The molecular weight excluding hydrogens is 192 g/mol. The van der Waals surface area contributed by atoms with Crippen molar-refractivity contribution in [3.63, 3.8) is 0 Å². The number of primary amides is 1. The number of rotatable bonds is 4. The highest BCUT2D eigenvalue weighted by Gasteiger charge is 2.04. The number of amides is 2. The molecule has 0 heterocycles. The van der Waals surface area contributed by atoms with E-state index < -0.39 is 5.91 Å². The van der Waals surface area contributed by atoms with E-state index in [9.17, 15) is 9.59 Å². The van der Waals surface area contributed by atoms with Gasteiger partial charge in [0.05, 0.1) is 0 Å². The third-order valence-corrected chi connectivity index (χ3v) is 1.94. The van der Waals surface area contributed by atoms with Gasteiger partial charge in [0.2, 0.25) is 5.91 Å². The maximum absolute atomic E-state index is 11.5. The van der Waals surface area contributed by atoms with Crippen LogP contribution in [0.4, 0.5) is 0 Å². The molecular formula is C11H14N2O2. The maximum Gasteiger partial charge on any atom is 0.251 e. The predicted octanol–water partition coefficient (Wildman–Crippen LogP) is 0.600. The highest BCUT2D eigenvalue weighted by Crippen LogP contribution is 2.03. The normalized spacial score (nSPS) is 9.67. The Morgan fingerprint density at radius 1 is 1.40 bits per heavy atom. The fraction of sp³-hybridized carbons (Fsp3) is 0.273. The smallest absolute Gasteiger partial charge is 0.251 e. The molecule has 0 saturated carbocycles.